The van der Waals surface area contributed by atoms with Crippen molar-refractivity contribution in [1.82, 2.24) is 10.3 Å². The SMILES string of the molecule is COC(=O)[C@@H]1C[C@H]1C(C)NC(=O)Nc1cc(F)c2nc(C)oc2c1. The van der Waals surface area contributed by atoms with Crippen LogP contribution in [0.5, 0.6) is 0 Å². The Bertz CT molecular complexity index is 804. The van der Waals surface area contributed by atoms with Gasteiger partial charge < -0.3 is 19.8 Å². The quantitative estimate of drug-likeness (QED) is 0.838. The van der Waals surface area contributed by atoms with Gasteiger partial charge in [-0.3, -0.25) is 4.79 Å². The summed E-state index contributed by atoms with van der Waals surface area (Å²) in [7, 11) is 1.35. The van der Waals surface area contributed by atoms with Crippen LogP contribution in [0.1, 0.15) is 19.2 Å². The predicted molar refractivity (Wildman–Crippen MR) is 83.9 cm³/mol. The number of hydrogen-bond acceptors (Lipinski definition) is 5. The summed E-state index contributed by atoms with van der Waals surface area (Å²) in [6, 6.07) is 2.02. The molecule has 3 rings (SSSR count). The molecular weight excluding hydrogens is 317 g/mol. The summed E-state index contributed by atoms with van der Waals surface area (Å²) >= 11 is 0. The van der Waals surface area contributed by atoms with Crippen LogP contribution in [-0.2, 0) is 9.53 Å². The van der Waals surface area contributed by atoms with Crippen molar-refractivity contribution in [2.75, 3.05) is 12.4 Å². The Kier molecular flexibility index (Phi) is 4.13. The number of aromatic nitrogens is 1. The standard InChI is InChI=1S/C16H18FN3O4/c1-7(10-6-11(10)15(21)23-3)18-16(22)20-9-4-12(17)14-13(5-9)24-8(2)19-14/h4-5,7,10-11H,6H2,1-3H3,(H2,18,20,22)/t7?,10-,11+/m0/s1. The van der Waals surface area contributed by atoms with Crippen LogP contribution in [0.4, 0.5) is 14.9 Å². The Balaban J connectivity index is 1.62. The van der Waals surface area contributed by atoms with Gasteiger partial charge in [-0.1, -0.05) is 0 Å². The van der Waals surface area contributed by atoms with Crippen LogP contribution in [0.3, 0.4) is 0 Å². The highest BCUT2D eigenvalue weighted by Gasteiger charge is 2.47. The molecule has 0 bridgehead atoms. The minimum atomic E-state index is -0.569. The average molecular weight is 335 g/mol. The number of nitrogens with zero attached hydrogens (tertiary/aromatic N) is 1. The molecule has 3 atom stereocenters. The Hall–Kier alpha value is -2.64. The zero-order valence-electron chi connectivity index (χ0n) is 13.6. The van der Waals surface area contributed by atoms with Gasteiger partial charge in [0.05, 0.1) is 13.0 Å². The van der Waals surface area contributed by atoms with Crippen molar-refractivity contribution in [1.29, 1.82) is 0 Å². The highest BCUT2D eigenvalue weighted by Crippen LogP contribution is 2.42. The number of hydrogen-bond donors (Lipinski definition) is 2. The molecule has 2 amide bonds. The molecule has 0 spiro atoms. The summed E-state index contributed by atoms with van der Waals surface area (Å²) in [5, 5.41) is 5.31. The van der Waals surface area contributed by atoms with Gasteiger partial charge in [-0.25, -0.2) is 14.2 Å². The van der Waals surface area contributed by atoms with E-state index in [1.165, 1.54) is 19.2 Å². The number of ether oxygens (including phenoxy) is 1. The lowest BCUT2D eigenvalue weighted by Crippen LogP contribution is -2.38. The molecule has 1 aromatic carbocycles. The topological polar surface area (TPSA) is 93.5 Å². The van der Waals surface area contributed by atoms with Crippen molar-refractivity contribution in [3.63, 3.8) is 0 Å². The Labute approximate surface area is 137 Å². The number of urea groups is 1. The van der Waals surface area contributed by atoms with Crippen LogP contribution in [0, 0.1) is 24.6 Å². The van der Waals surface area contributed by atoms with Gasteiger partial charge in [-0.2, -0.15) is 0 Å². The third-order valence-electron chi connectivity index (χ3n) is 4.16. The third-order valence-corrected chi connectivity index (χ3v) is 4.16. The molecule has 0 radical (unpaired) electrons. The number of carbonyl (C=O) groups excluding carboxylic acids is 2. The molecular formula is C16H18FN3O4. The van der Waals surface area contributed by atoms with E-state index in [0.29, 0.717) is 12.3 Å². The first-order valence-electron chi connectivity index (χ1n) is 7.61. The number of aryl methyl sites for hydroxylation is 1. The smallest absolute Gasteiger partial charge is 0.319 e. The van der Waals surface area contributed by atoms with Crippen molar-refractivity contribution in [2.24, 2.45) is 11.8 Å². The number of esters is 1. The lowest BCUT2D eigenvalue weighted by molar-refractivity contribution is -0.142. The summed E-state index contributed by atoms with van der Waals surface area (Å²) in [5.74, 6) is -0.597. The van der Waals surface area contributed by atoms with Crippen LogP contribution < -0.4 is 10.6 Å². The normalized spacial score (nSPS) is 20.5. The first kappa shape index (κ1) is 16.2. The summed E-state index contributed by atoms with van der Waals surface area (Å²) in [6.45, 7) is 3.44. The minimum Gasteiger partial charge on any atom is -0.469 e. The molecule has 1 fully saturated rings. The van der Waals surface area contributed by atoms with E-state index in [9.17, 15) is 14.0 Å². The second-order valence-corrected chi connectivity index (χ2v) is 5.95. The summed E-state index contributed by atoms with van der Waals surface area (Å²) < 4.78 is 23.9. The van der Waals surface area contributed by atoms with Crippen molar-refractivity contribution in [2.45, 2.75) is 26.3 Å². The summed E-state index contributed by atoms with van der Waals surface area (Å²) in [4.78, 5) is 27.4. The van der Waals surface area contributed by atoms with E-state index in [1.54, 1.807) is 6.92 Å². The molecule has 0 aliphatic heterocycles. The fourth-order valence-electron chi connectivity index (χ4n) is 2.84. The molecule has 1 saturated carbocycles. The van der Waals surface area contributed by atoms with Gasteiger partial charge in [0.25, 0.3) is 0 Å². The van der Waals surface area contributed by atoms with Crippen molar-refractivity contribution in [3.8, 4) is 0 Å². The molecule has 1 aliphatic rings. The number of carbonyl (C=O) groups is 2. The first-order valence-corrected chi connectivity index (χ1v) is 7.61. The van der Waals surface area contributed by atoms with Crippen LogP contribution in [0.15, 0.2) is 16.5 Å². The largest absolute Gasteiger partial charge is 0.469 e. The van der Waals surface area contributed by atoms with E-state index in [0.717, 1.165) is 0 Å². The van der Waals surface area contributed by atoms with E-state index in [-0.39, 0.29) is 40.6 Å². The van der Waals surface area contributed by atoms with E-state index in [1.807, 2.05) is 6.92 Å². The molecule has 8 heteroatoms. The maximum Gasteiger partial charge on any atom is 0.319 e. The van der Waals surface area contributed by atoms with Crippen molar-refractivity contribution < 1.29 is 23.1 Å². The summed E-state index contributed by atoms with van der Waals surface area (Å²) in [5.41, 5.74) is 0.663. The second kappa shape index (κ2) is 6.10. The average Bonchev–Trinajstić information content (AvgIpc) is 3.22. The van der Waals surface area contributed by atoms with Gasteiger partial charge in [-0.05, 0) is 25.3 Å². The highest BCUT2D eigenvalue weighted by atomic mass is 19.1. The molecule has 2 N–H and O–H groups in total. The van der Waals surface area contributed by atoms with E-state index in [2.05, 4.69) is 20.4 Å². The number of amides is 2. The third kappa shape index (κ3) is 3.17. The Morgan fingerprint density at radius 2 is 2.21 bits per heavy atom. The van der Waals surface area contributed by atoms with Crippen LogP contribution >= 0.6 is 0 Å². The molecule has 24 heavy (non-hydrogen) atoms. The molecule has 0 saturated heterocycles. The van der Waals surface area contributed by atoms with E-state index in [4.69, 9.17) is 4.42 Å². The predicted octanol–water partition coefficient (Wildman–Crippen LogP) is 2.59. The van der Waals surface area contributed by atoms with Gasteiger partial charge in [0.1, 0.15) is 5.52 Å². The minimum absolute atomic E-state index is 0.0549. The zero-order chi connectivity index (χ0) is 17.4. The molecule has 2 aromatic rings. The van der Waals surface area contributed by atoms with Crippen molar-refractivity contribution >= 4 is 28.8 Å². The molecule has 7 nitrogen and oxygen atoms in total. The molecule has 1 aromatic heterocycles. The lowest BCUT2D eigenvalue weighted by Gasteiger charge is -2.14. The zero-order valence-corrected chi connectivity index (χ0v) is 13.6. The van der Waals surface area contributed by atoms with Gasteiger partial charge in [0, 0.05) is 24.7 Å². The van der Waals surface area contributed by atoms with Gasteiger partial charge in [0.15, 0.2) is 17.3 Å². The highest BCUT2D eigenvalue weighted by molar-refractivity contribution is 5.92. The Morgan fingerprint density at radius 1 is 1.46 bits per heavy atom. The molecule has 1 heterocycles. The second-order valence-electron chi connectivity index (χ2n) is 5.95. The summed E-state index contributed by atoms with van der Waals surface area (Å²) in [6.07, 6.45) is 0.687. The maximum atomic E-state index is 13.9. The molecule has 1 unspecified atom stereocenters. The van der Waals surface area contributed by atoms with Gasteiger partial charge in [0.2, 0.25) is 0 Å². The maximum absolute atomic E-state index is 13.9. The Morgan fingerprint density at radius 3 is 2.92 bits per heavy atom. The number of anilines is 1. The fraction of sp³-hybridized carbons (Fsp3) is 0.438. The number of oxazole rings is 1. The molecule has 1 aliphatic carbocycles. The van der Waals surface area contributed by atoms with E-state index >= 15 is 0 Å². The first-order chi connectivity index (χ1) is 11.4. The lowest BCUT2D eigenvalue weighted by atomic mass is 10.2. The van der Waals surface area contributed by atoms with Gasteiger partial charge >= 0.3 is 12.0 Å². The number of fused-ring (bicyclic) bond motifs is 1. The number of nitrogens with one attached hydrogen (secondary N) is 2. The van der Waals surface area contributed by atoms with Crippen LogP contribution in [-0.4, -0.2) is 30.1 Å². The molecule has 128 valence electrons. The number of methoxy groups -OCH3 is 1. The van der Waals surface area contributed by atoms with Gasteiger partial charge in [-0.15, -0.1) is 0 Å². The van der Waals surface area contributed by atoms with E-state index < -0.39 is 11.8 Å². The van der Waals surface area contributed by atoms with Crippen molar-refractivity contribution in [3.05, 3.63) is 23.8 Å². The number of benzene rings is 1. The monoisotopic (exact) mass is 335 g/mol. The van der Waals surface area contributed by atoms with Crippen LogP contribution in [0.2, 0.25) is 0 Å². The fourth-order valence-corrected chi connectivity index (χ4v) is 2.84. The number of rotatable bonds is 4. The van der Waals surface area contributed by atoms with Crippen LogP contribution in [0.25, 0.3) is 11.1 Å². The number of halogens is 1.